The molecule has 0 aliphatic carbocycles. The van der Waals surface area contributed by atoms with Gasteiger partial charge in [-0.25, -0.2) is 8.78 Å². The zero-order valence-electron chi connectivity index (χ0n) is 11.0. The molecule has 106 valence electrons. The van der Waals surface area contributed by atoms with E-state index in [0.29, 0.717) is 6.54 Å². The molecule has 0 heterocycles. The number of carbonyl (C=O) groups is 1. The number of amides is 1. The molecule has 1 aromatic rings. The van der Waals surface area contributed by atoms with Crippen LogP contribution in [0.5, 0.6) is 5.75 Å². The second-order valence-electron chi connectivity index (χ2n) is 4.81. The van der Waals surface area contributed by atoms with Gasteiger partial charge in [-0.3, -0.25) is 4.79 Å². The number of nitrogens with one attached hydrogen (secondary N) is 1. The Morgan fingerprint density at radius 2 is 2.11 bits per heavy atom. The Balaban J connectivity index is 2.40. The third kappa shape index (κ3) is 5.21. The van der Waals surface area contributed by atoms with Crippen molar-refractivity contribution in [2.75, 3.05) is 13.2 Å². The highest BCUT2D eigenvalue weighted by atomic mass is 19.1. The smallest absolute Gasteiger partial charge is 0.223 e. The number of carbonyl (C=O) groups excluding carboxylic acids is 1. The van der Waals surface area contributed by atoms with Crippen molar-refractivity contribution in [2.24, 2.45) is 5.73 Å². The van der Waals surface area contributed by atoms with Crippen LogP contribution in [-0.2, 0) is 4.79 Å². The molecule has 1 rings (SSSR count). The Labute approximate surface area is 110 Å². The molecule has 1 aromatic carbocycles. The van der Waals surface area contributed by atoms with Gasteiger partial charge >= 0.3 is 0 Å². The molecule has 0 bridgehead atoms. The van der Waals surface area contributed by atoms with Crippen molar-refractivity contribution in [1.82, 2.24) is 5.32 Å². The van der Waals surface area contributed by atoms with Crippen molar-refractivity contribution in [3.63, 3.8) is 0 Å². The average molecular weight is 272 g/mol. The summed E-state index contributed by atoms with van der Waals surface area (Å²) in [6, 6.07) is 3.01. The van der Waals surface area contributed by atoms with Gasteiger partial charge < -0.3 is 15.8 Å². The van der Waals surface area contributed by atoms with E-state index >= 15 is 0 Å². The SMILES string of the molecule is CC(C)(CN)NC(=O)CCOc1ccc(F)cc1F. The summed E-state index contributed by atoms with van der Waals surface area (Å²) in [5.41, 5.74) is 4.99. The summed E-state index contributed by atoms with van der Waals surface area (Å²) >= 11 is 0. The maximum atomic E-state index is 13.2. The summed E-state index contributed by atoms with van der Waals surface area (Å²) in [6.07, 6.45) is 0.0697. The van der Waals surface area contributed by atoms with E-state index in [1.165, 1.54) is 6.07 Å². The van der Waals surface area contributed by atoms with E-state index in [1.807, 2.05) is 0 Å². The lowest BCUT2D eigenvalue weighted by molar-refractivity contribution is -0.123. The van der Waals surface area contributed by atoms with E-state index in [1.54, 1.807) is 13.8 Å². The van der Waals surface area contributed by atoms with Gasteiger partial charge in [-0.2, -0.15) is 0 Å². The van der Waals surface area contributed by atoms with Gasteiger partial charge in [0.15, 0.2) is 11.6 Å². The fraction of sp³-hybridized carbons (Fsp3) is 0.462. The van der Waals surface area contributed by atoms with Crippen LogP contribution in [0.1, 0.15) is 20.3 Å². The highest BCUT2D eigenvalue weighted by Gasteiger charge is 2.18. The summed E-state index contributed by atoms with van der Waals surface area (Å²) in [7, 11) is 0. The quantitative estimate of drug-likeness (QED) is 0.826. The minimum atomic E-state index is -0.789. The largest absolute Gasteiger partial charge is 0.490 e. The van der Waals surface area contributed by atoms with Gasteiger partial charge in [0, 0.05) is 18.2 Å². The van der Waals surface area contributed by atoms with Gasteiger partial charge in [0.2, 0.25) is 5.91 Å². The van der Waals surface area contributed by atoms with Crippen LogP contribution >= 0.6 is 0 Å². The van der Waals surface area contributed by atoms with Crippen molar-refractivity contribution in [3.05, 3.63) is 29.8 Å². The van der Waals surface area contributed by atoms with Crippen LogP contribution < -0.4 is 15.8 Å². The Morgan fingerprint density at radius 1 is 1.42 bits per heavy atom. The van der Waals surface area contributed by atoms with Crippen molar-refractivity contribution in [2.45, 2.75) is 25.8 Å². The second kappa shape index (κ2) is 6.47. The maximum Gasteiger partial charge on any atom is 0.223 e. The molecular weight excluding hydrogens is 254 g/mol. The lowest BCUT2D eigenvalue weighted by atomic mass is 10.1. The van der Waals surface area contributed by atoms with E-state index in [-0.39, 0.29) is 24.7 Å². The van der Waals surface area contributed by atoms with Gasteiger partial charge in [0.1, 0.15) is 5.82 Å². The van der Waals surface area contributed by atoms with Crippen molar-refractivity contribution in [1.29, 1.82) is 0 Å². The molecule has 0 spiro atoms. The van der Waals surface area contributed by atoms with Gasteiger partial charge in [-0.15, -0.1) is 0 Å². The van der Waals surface area contributed by atoms with Crippen molar-refractivity contribution < 1.29 is 18.3 Å². The Morgan fingerprint density at radius 3 is 2.68 bits per heavy atom. The minimum absolute atomic E-state index is 0.00897. The third-order valence-corrected chi connectivity index (χ3v) is 2.47. The molecule has 4 nitrogen and oxygen atoms in total. The highest BCUT2D eigenvalue weighted by molar-refractivity contribution is 5.76. The highest BCUT2D eigenvalue weighted by Crippen LogP contribution is 2.17. The molecule has 0 saturated carbocycles. The second-order valence-corrected chi connectivity index (χ2v) is 4.81. The predicted molar refractivity (Wildman–Crippen MR) is 67.7 cm³/mol. The van der Waals surface area contributed by atoms with E-state index in [0.717, 1.165) is 12.1 Å². The molecule has 0 atom stereocenters. The molecule has 0 aromatic heterocycles. The van der Waals surface area contributed by atoms with Crippen LogP contribution in [-0.4, -0.2) is 24.6 Å². The van der Waals surface area contributed by atoms with Crippen LogP contribution in [0.2, 0.25) is 0 Å². The fourth-order valence-electron chi connectivity index (χ4n) is 1.34. The van der Waals surface area contributed by atoms with E-state index in [4.69, 9.17) is 10.5 Å². The first-order valence-corrected chi connectivity index (χ1v) is 5.93. The average Bonchev–Trinajstić information content (AvgIpc) is 2.31. The molecule has 1 amide bonds. The molecule has 0 fully saturated rings. The summed E-state index contributed by atoms with van der Waals surface area (Å²) in [5.74, 6) is -1.78. The summed E-state index contributed by atoms with van der Waals surface area (Å²) in [4.78, 5) is 11.5. The van der Waals surface area contributed by atoms with Gasteiger partial charge in [0.25, 0.3) is 0 Å². The first kappa shape index (κ1) is 15.4. The minimum Gasteiger partial charge on any atom is -0.490 e. The first-order valence-electron chi connectivity index (χ1n) is 5.93. The zero-order chi connectivity index (χ0) is 14.5. The number of rotatable bonds is 6. The number of hydrogen-bond donors (Lipinski definition) is 2. The van der Waals surface area contributed by atoms with E-state index in [9.17, 15) is 13.6 Å². The van der Waals surface area contributed by atoms with Crippen molar-refractivity contribution in [3.8, 4) is 5.75 Å². The van der Waals surface area contributed by atoms with Crippen LogP contribution in [0.4, 0.5) is 8.78 Å². The van der Waals surface area contributed by atoms with E-state index in [2.05, 4.69) is 5.32 Å². The monoisotopic (exact) mass is 272 g/mol. The Kier molecular flexibility index (Phi) is 5.23. The molecule has 3 N–H and O–H groups in total. The lowest BCUT2D eigenvalue weighted by Gasteiger charge is -2.24. The summed E-state index contributed by atoms with van der Waals surface area (Å²) in [5, 5.41) is 2.72. The molecule has 6 heteroatoms. The van der Waals surface area contributed by atoms with Gasteiger partial charge in [0.05, 0.1) is 13.0 Å². The van der Waals surface area contributed by atoms with Gasteiger partial charge in [-0.05, 0) is 26.0 Å². The predicted octanol–water partition coefficient (Wildman–Crippen LogP) is 1.59. The molecule has 0 unspecified atom stereocenters. The first-order chi connectivity index (χ1) is 8.84. The molecular formula is C13H18F2N2O2. The van der Waals surface area contributed by atoms with Gasteiger partial charge in [-0.1, -0.05) is 0 Å². The Hall–Kier alpha value is -1.69. The lowest BCUT2D eigenvalue weighted by Crippen LogP contribution is -2.49. The number of hydrogen-bond acceptors (Lipinski definition) is 3. The van der Waals surface area contributed by atoms with Crippen LogP contribution in [0.25, 0.3) is 0 Å². The Bertz CT molecular complexity index is 450. The number of halogens is 2. The summed E-state index contributed by atoms with van der Waals surface area (Å²) < 4.78 is 30.9. The third-order valence-electron chi connectivity index (χ3n) is 2.47. The number of nitrogens with two attached hydrogens (primary N) is 1. The number of ether oxygens (including phenoxy) is 1. The number of benzene rings is 1. The standard InChI is InChI=1S/C13H18F2N2O2/c1-13(2,8-16)17-12(18)5-6-19-11-4-3-9(14)7-10(11)15/h3-4,7H,5-6,8,16H2,1-2H3,(H,17,18). The normalized spacial score (nSPS) is 11.2. The van der Waals surface area contributed by atoms with Crippen molar-refractivity contribution >= 4 is 5.91 Å². The van der Waals surface area contributed by atoms with Crippen LogP contribution in [0.15, 0.2) is 18.2 Å². The molecule has 0 radical (unpaired) electrons. The molecule has 0 saturated heterocycles. The zero-order valence-corrected chi connectivity index (χ0v) is 11.0. The summed E-state index contributed by atoms with van der Waals surface area (Å²) in [6.45, 7) is 3.91. The molecule has 0 aliphatic heterocycles. The van der Waals surface area contributed by atoms with E-state index < -0.39 is 17.2 Å². The maximum absolute atomic E-state index is 13.2. The molecule has 0 aliphatic rings. The van der Waals surface area contributed by atoms with Crippen LogP contribution in [0, 0.1) is 11.6 Å². The topological polar surface area (TPSA) is 64.3 Å². The van der Waals surface area contributed by atoms with Crippen LogP contribution in [0.3, 0.4) is 0 Å². The molecule has 19 heavy (non-hydrogen) atoms. The fourth-order valence-corrected chi connectivity index (χ4v) is 1.34.